The number of carbonyl (C=O) groups excluding carboxylic acids is 1. The number of benzene rings is 2. The molecular weight excluding hydrogens is 354 g/mol. The molecule has 0 heterocycles. The number of hydrogen-bond donors (Lipinski definition) is 1. The smallest absolute Gasteiger partial charge is 0.259 e. The van der Waals surface area contributed by atoms with E-state index in [0.29, 0.717) is 22.0 Å². The van der Waals surface area contributed by atoms with Gasteiger partial charge in [0.05, 0.1) is 18.4 Å². The molecule has 0 aliphatic rings. The molecule has 2 rings (SSSR count). The minimum atomic E-state index is -0.240. The van der Waals surface area contributed by atoms with Crippen molar-refractivity contribution in [2.24, 2.45) is 0 Å². The zero-order valence-corrected chi connectivity index (χ0v) is 14.3. The first-order chi connectivity index (χ1) is 9.92. The molecule has 1 amide bonds. The van der Waals surface area contributed by atoms with Crippen LogP contribution in [0.15, 0.2) is 34.8 Å². The molecule has 0 aromatic heterocycles. The van der Waals surface area contributed by atoms with Crippen molar-refractivity contribution in [3.8, 4) is 5.75 Å². The Bertz CT molecular complexity index is 701. The van der Waals surface area contributed by atoms with E-state index in [0.717, 1.165) is 15.6 Å². The van der Waals surface area contributed by atoms with Crippen LogP contribution in [0.1, 0.15) is 21.5 Å². The number of aryl methyl sites for hydroxylation is 2. The Morgan fingerprint density at radius 2 is 1.95 bits per heavy atom. The van der Waals surface area contributed by atoms with Gasteiger partial charge in [-0.25, -0.2) is 0 Å². The Morgan fingerprint density at radius 3 is 2.62 bits per heavy atom. The molecule has 2 aromatic rings. The van der Waals surface area contributed by atoms with Crippen molar-refractivity contribution in [1.82, 2.24) is 0 Å². The van der Waals surface area contributed by atoms with Gasteiger partial charge in [0.2, 0.25) is 0 Å². The van der Waals surface area contributed by atoms with Crippen molar-refractivity contribution in [2.75, 3.05) is 12.4 Å². The molecule has 1 N–H and O–H groups in total. The lowest BCUT2D eigenvalue weighted by molar-refractivity contribution is 0.102. The molecule has 21 heavy (non-hydrogen) atoms. The number of carbonyl (C=O) groups is 1. The van der Waals surface area contributed by atoms with Crippen LogP contribution in [-0.2, 0) is 0 Å². The van der Waals surface area contributed by atoms with Crippen molar-refractivity contribution >= 4 is 39.1 Å². The molecule has 0 unspecified atom stereocenters. The Morgan fingerprint density at radius 1 is 1.24 bits per heavy atom. The summed E-state index contributed by atoms with van der Waals surface area (Å²) in [6.07, 6.45) is 0. The van der Waals surface area contributed by atoms with Crippen molar-refractivity contribution < 1.29 is 9.53 Å². The maximum Gasteiger partial charge on any atom is 0.259 e. The molecule has 0 fully saturated rings. The topological polar surface area (TPSA) is 38.3 Å². The number of rotatable bonds is 3. The highest BCUT2D eigenvalue weighted by Gasteiger charge is 2.14. The number of anilines is 1. The molecule has 0 saturated carbocycles. The first kappa shape index (κ1) is 15.9. The zero-order valence-electron chi connectivity index (χ0n) is 12.0. The third-order valence-electron chi connectivity index (χ3n) is 3.10. The molecule has 0 radical (unpaired) electrons. The Labute approximate surface area is 137 Å². The van der Waals surface area contributed by atoms with E-state index in [1.54, 1.807) is 25.3 Å². The molecule has 0 spiro atoms. The van der Waals surface area contributed by atoms with Crippen LogP contribution in [0.5, 0.6) is 5.75 Å². The van der Waals surface area contributed by atoms with Gasteiger partial charge in [-0.05, 0) is 59.6 Å². The van der Waals surface area contributed by atoms with Crippen LogP contribution in [-0.4, -0.2) is 13.0 Å². The summed E-state index contributed by atoms with van der Waals surface area (Å²) in [5.41, 5.74) is 3.04. The van der Waals surface area contributed by atoms with Gasteiger partial charge < -0.3 is 10.1 Å². The second-order valence-corrected chi connectivity index (χ2v) is 6.00. The van der Waals surface area contributed by atoms with Gasteiger partial charge in [0.1, 0.15) is 5.75 Å². The van der Waals surface area contributed by atoms with Crippen LogP contribution < -0.4 is 10.1 Å². The van der Waals surface area contributed by atoms with Crippen LogP contribution >= 0.6 is 27.5 Å². The standard InChI is InChI=1S/C16H15BrClNO2/c1-9-4-5-15(21-3)11(6-9)16(20)19-14-8-13(18)10(2)7-12(14)17/h4-8H,1-3H3,(H,19,20). The van der Waals surface area contributed by atoms with Crippen molar-refractivity contribution in [3.63, 3.8) is 0 Å². The highest BCUT2D eigenvalue weighted by Crippen LogP contribution is 2.30. The number of hydrogen-bond acceptors (Lipinski definition) is 2. The summed E-state index contributed by atoms with van der Waals surface area (Å²) in [7, 11) is 1.54. The van der Waals surface area contributed by atoms with Crippen LogP contribution in [0.25, 0.3) is 0 Å². The highest BCUT2D eigenvalue weighted by atomic mass is 79.9. The molecule has 0 atom stereocenters. The molecule has 0 saturated heterocycles. The summed E-state index contributed by atoms with van der Waals surface area (Å²) in [6.45, 7) is 3.83. The van der Waals surface area contributed by atoms with Gasteiger partial charge in [0.15, 0.2) is 0 Å². The molecule has 0 aliphatic carbocycles. The monoisotopic (exact) mass is 367 g/mol. The molecule has 3 nitrogen and oxygen atoms in total. The number of methoxy groups -OCH3 is 1. The van der Waals surface area contributed by atoms with Crippen LogP contribution in [0, 0.1) is 13.8 Å². The van der Waals surface area contributed by atoms with Gasteiger partial charge in [-0.1, -0.05) is 23.2 Å². The maximum atomic E-state index is 12.4. The van der Waals surface area contributed by atoms with Gasteiger partial charge in [-0.15, -0.1) is 0 Å². The third-order valence-corrected chi connectivity index (χ3v) is 4.16. The average molecular weight is 369 g/mol. The Kier molecular flexibility index (Phi) is 4.91. The van der Waals surface area contributed by atoms with E-state index in [4.69, 9.17) is 16.3 Å². The lowest BCUT2D eigenvalue weighted by Gasteiger charge is -2.12. The summed E-state index contributed by atoms with van der Waals surface area (Å²) in [5, 5.41) is 3.45. The fraction of sp³-hybridized carbons (Fsp3) is 0.188. The number of amides is 1. The minimum Gasteiger partial charge on any atom is -0.496 e. The fourth-order valence-corrected chi connectivity index (χ4v) is 2.65. The van der Waals surface area contributed by atoms with Gasteiger partial charge in [0, 0.05) is 9.50 Å². The van der Waals surface area contributed by atoms with Gasteiger partial charge in [-0.3, -0.25) is 4.79 Å². The lowest BCUT2D eigenvalue weighted by Crippen LogP contribution is -2.14. The Hall–Kier alpha value is -1.52. The quantitative estimate of drug-likeness (QED) is 0.829. The minimum absolute atomic E-state index is 0.240. The van der Waals surface area contributed by atoms with Gasteiger partial charge in [-0.2, -0.15) is 0 Å². The molecule has 110 valence electrons. The predicted molar refractivity (Wildman–Crippen MR) is 89.6 cm³/mol. The second kappa shape index (κ2) is 6.50. The number of ether oxygens (including phenoxy) is 1. The largest absolute Gasteiger partial charge is 0.496 e. The van der Waals surface area contributed by atoms with E-state index in [2.05, 4.69) is 21.2 Å². The SMILES string of the molecule is COc1ccc(C)cc1C(=O)Nc1cc(Cl)c(C)cc1Br. The van der Waals surface area contributed by atoms with Crippen molar-refractivity contribution in [3.05, 3.63) is 56.5 Å². The highest BCUT2D eigenvalue weighted by molar-refractivity contribution is 9.10. The normalized spacial score (nSPS) is 10.3. The number of nitrogens with one attached hydrogen (secondary N) is 1. The summed E-state index contributed by atoms with van der Waals surface area (Å²) in [5.74, 6) is 0.295. The summed E-state index contributed by atoms with van der Waals surface area (Å²) >= 11 is 9.53. The van der Waals surface area contributed by atoms with E-state index in [9.17, 15) is 4.79 Å². The number of halogens is 2. The van der Waals surface area contributed by atoms with Crippen LogP contribution in [0.2, 0.25) is 5.02 Å². The molecular formula is C16H15BrClNO2. The Balaban J connectivity index is 2.34. The van der Waals surface area contributed by atoms with E-state index < -0.39 is 0 Å². The molecule has 0 bridgehead atoms. The first-order valence-electron chi connectivity index (χ1n) is 6.34. The maximum absolute atomic E-state index is 12.4. The fourth-order valence-electron chi connectivity index (χ4n) is 1.93. The zero-order chi connectivity index (χ0) is 15.6. The average Bonchev–Trinajstić information content (AvgIpc) is 2.44. The first-order valence-corrected chi connectivity index (χ1v) is 7.51. The van der Waals surface area contributed by atoms with Gasteiger partial charge in [0.25, 0.3) is 5.91 Å². The van der Waals surface area contributed by atoms with Crippen molar-refractivity contribution in [2.45, 2.75) is 13.8 Å². The molecule has 2 aromatic carbocycles. The van der Waals surface area contributed by atoms with E-state index >= 15 is 0 Å². The summed E-state index contributed by atoms with van der Waals surface area (Å²) < 4.78 is 6.02. The third kappa shape index (κ3) is 3.57. The molecule has 0 aliphatic heterocycles. The van der Waals surface area contributed by atoms with Crippen LogP contribution in [0.3, 0.4) is 0 Å². The van der Waals surface area contributed by atoms with E-state index in [1.165, 1.54) is 0 Å². The summed E-state index contributed by atoms with van der Waals surface area (Å²) in [6, 6.07) is 9.06. The lowest BCUT2D eigenvalue weighted by atomic mass is 10.1. The molecule has 5 heteroatoms. The predicted octanol–water partition coefficient (Wildman–Crippen LogP) is 4.98. The van der Waals surface area contributed by atoms with Crippen molar-refractivity contribution in [1.29, 1.82) is 0 Å². The van der Waals surface area contributed by atoms with E-state index in [1.807, 2.05) is 26.0 Å². The van der Waals surface area contributed by atoms with E-state index in [-0.39, 0.29) is 5.91 Å². The summed E-state index contributed by atoms with van der Waals surface area (Å²) in [4.78, 5) is 12.4. The van der Waals surface area contributed by atoms with Crippen LogP contribution in [0.4, 0.5) is 5.69 Å². The second-order valence-electron chi connectivity index (χ2n) is 4.74. The van der Waals surface area contributed by atoms with Gasteiger partial charge >= 0.3 is 0 Å².